The van der Waals surface area contributed by atoms with Crippen molar-refractivity contribution >= 4 is 0 Å². The molecule has 0 fully saturated rings. The second-order valence-electron chi connectivity index (χ2n) is 4.17. The van der Waals surface area contributed by atoms with Crippen LogP contribution in [-0.4, -0.2) is 11.5 Å². The van der Waals surface area contributed by atoms with Crippen LogP contribution in [0.15, 0.2) is 34.9 Å². The first-order valence-electron chi connectivity index (χ1n) is 5.93. The summed E-state index contributed by atoms with van der Waals surface area (Å²) in [6.45, 7) is 6.92. The summed E-state index contributed by atoms with van der Waals surface area (Å²) in [4.78, 5) is 4.33. The summed E-state index contributed by atoms with van der Waals surface area (Å²) in [5.74, 6) is 1.87. The van der Waals surface area contributed by atoms with Crippen LogP contribution in [0.5, 0.6) is 0 Å². The molecule has 1 atom stereocenters. The maximum atomic E-state index is 5.69. The van der Waals surface area contributed by atoms with Crippen LogP contribution in [0.25, 0.3) is 0 Å². The van der Waals surface area contributed by atoms with Crippen LogP contribution in [0.1, 0.15) is 35.7 Å². The average Bonchev–Trinajstić information content (AvgIpc) is 2.74. The molecule has 0 radical (unpaired) electrons. The van der Waals surface area contributed by atoms with Gasteiger partial charge in [-0.05, 0) is 44.2 Å². The van der Waals surface area contributed by atoms with Gasteiger partial charge in [0.2, 0.25) is 0 Å². The lowest BCUT2D eigenvalue weighted by Crippen LogP contribution is -2.21. The van der Waals surface area contributed by atoms with E-state index in [0.29, 0.717) is 0 Å². The summed E-state index contributed by atoms with van der Waals surface area (Å²) in [6, 6.07) is 8.20. The van der Waals surface area contributed by atoms with Gasteiger partial charge in [0.1, 0.15) is 11.5 Å². The summed E-state index contributed by atoms with van der Waals surface area (Å²) in [7, 11) is 0. The number of nitrogens with zero attached hydrogens (tertiary/aromatic N) is 1. The Bertz CT molecular complexity index is 473. The Hall–Kier alpha value is -1.61. The second kappa shape index (κ2) is 5.15. The van der Waals surface area contributed by atoms with Crippen LogP contribution in [0.4, 0.5) is 0 Å². The van der Waals surface area contributed by atoms with Crippen molar-refractivity contribution in [2.45, 2.75) is 26.8 Å². The summed E-state index contributed by atoms with van der Waals surface area (Å²) < 4.78 is 5.69. The zero-order chi connectivity index (χ0) is 12.3. The predicted octanol–water partition coefficient (Wildman–Crippen LogP) is 2.99. The molecule has 2 rings (SSSR count). The van der Waals surface area contributed by atoms with Crippen molar-refractivity contribution in [3.63, 3.8) is 0 Å². The standard InChI is InChI=1S/C14H18N2O/c1-4-15-14(13-8-6-11(3)17-13)12-7-5-10(2)16-9-12/h5-9,14-15H,4H2,1-3H3. The van der Waals surface area contributed by atoms with Gasteiger partial charge in [0.25, 0.3) is 0 Å². The predicted molar refractivity (Wildman–Crippen MR) is 67.9 cm³/mol. The zero-order valence-electron chi connectivity index (χ0n) is 10.5. The number of hydrogen-bond acceptors (Lipinski definition) is 3. The van der Waals surface area contributed by atoms with Crippen molar-refractivity contribution < 1.29 is 4.42 Å². The van der Waals surface area contributed by atoms with Crippen molar-refractivity contribution in [1.82, 2.24) is 10.3 Å². The molecule has 1 unspecified atom stereocenters. The lowest BCUT2D eigenvalue weighted by atomic mass is 10.1. The fourth-order valence-electron chi connectivity index (χ4n) is 1.85. The van der Waals surface area contributed by atoms with Crippen molar-refractivity contribution in [1.29, 1.82) is 0 Å². The molecule has 0 saturated carbocycles. The third kappa shape index (κ3) is 2.74. The van der Waals surface area contributed by atoms with E-state index >= 15 is 0 Å². The van der Waals surface area contributed by atoms with Gasteiger partial charge in [-0.15, -0.1) is 0 Å². The Morgan fingerprint density at radius 2 is 2.06 bits per heavy atom. The summed E-state index contributed by atoms with van der Waals surface area (Å²) in [5.41, 5.74) is 2.16. The summed E-state index contributed by atoms with van der Waals surface area (Å²) in [5, 5.41) is 3.41. The Kier molecular flexibility index (Phi) is 3.59. The van der Waals surface area contributed by atoms with Gasteiger partial charge in [-0.1, -0.05) is 13.0 Å². The first-order valence-corrected chi connectivity index (χ1v) is 5.93. The van der Waals surface area contributed by atoms with E-state index in [4.69, 9.17) is 4.42 Å². The van der Waals surface area contributed by atoms with Crippen LogP contribution in [0.2, 0.25) is 0 Å². The highest BCUT2D eigenvalue weighted by Gasteiger charge is 2.16. The van der Waals surface area contributed by atoms with E-state index in [-0.39, 0.29) is 6.04 Å². The molecular weight excluding hydrogens is 212 g/mol. The normalized spacial score (nSPS) is 12.6. The van der Waals surface area contributed by atoms with Crippen LogP contribution >= 0.6 is 0 Å². The minimum atomic E-state index is 0.0850. The molecule has 0 saturated heterocycles. The highest BCUT2D eigenvalue weighted by Crippen LogP contribution is 2.23. The number of furan rings is 1. The van der Waals surface area contributed by atoms with Crippen molar-refractivity contribution in [2.75, 3.05) is 6.54 Å². The van der Waals surface area contributed by atoms with E-state index in [0.717, 1.165) is 29.3 Å². The Labute approximate surface area is 102 Å². The van der Waals surface area contributed by atoms with Gasteiger partial charge >= 0.3 is 0 Å². The van der Waals surface area contributed by atoms with Crippen LogP contribution in [0, 0.1) is 13.8 Å². The fraction of sp³-hybridized carbons (Fsp3) is 0.357. The molecule has 0 spiro atoms. The van der Waals surface area contributed by atoms with E-state index in [2.05, 4.69) is 23.3 Å². The Balaban J connectivity index is 2.31. The largest absolute Gasteiger partial charge is 0.464 e. The Morgan fingerprint density at radius 1 is 1.24 bits per heavy atom. The van der Waals surface area contributed by atoms with Gasteiger partial charge in [-0.25, -0.2) is 0 Å². The SMILES string of the molecule is CCNC(c1ccc(C)nc1)c1ccc(C)o1. The number of nitrogens with one attached hydrogen (secondary N) is 1. The molecule has 17 heavy (non-hydrogen) atoms. The van der Waals surface area contributed by atoms with E-state index in [9.17, 15) is 0 Å². The molecule has 2 heterocycles. The molecule has 2 aromatic heterocycles. The molecule has 0 aliphatic heterocycles. The molecule has 0 aliphatic carbocycles. The average molecular weight is 230 g/mol. The van der Waals surface area contributed by atoms with Crippen LogP contribution in [-0.2, 0) is 0 Å². The van der Waals surface area contributed by atoms with Gasteiger partial charge < -0.3 is 9.73 Å². The molecule has 0 aliphatic rings. The quantitative estimate of drug-likeness (QED) is 0.877. The minimum Gasteiger partial charge on any atom is -0.464 e. The van der Waals surface area contributed by atoms with Gasteiger partial charge in [-0.2, -0.15) is 0 Å². The third-order valence-corrected chi connectivity index (χ3v) is 2.72. The monoisotopic (exact) mass is 230 g/mol. The highest BCUT2D eigenvalue weighted by atomic mass is 16.3. The molecule has 3 nitrogen and oxygen atoms in total. The van der Waals surface area contributed by atoms with E-state index in [1.807, 2.05) is 38.2 Å². The molecule has 0 bridgehead atoms. The van der Waals surface area contributed by atoms with Crippen molar-refractivity contribution in [2.24, 2.45) is 0 Å². The molecule has 3 heteroatoms. The third-order valence-electron chi connectivity index (χ3n) is 2.72. The van der Waals surface area contributed by atoms with Crippen LogP contribution in [0.3, 0.4) is 0 Å². The van der Waals surface area contributed by atoms with E-state index < -0.39 is 0 Å². The number of pyridine rings is 1. The summed E-state index contributed by atoms with van der Waals surface area (Å²) in [6.07, 6.45) is 1.90. The molecule has 0 amide bonds. The number of hydrogen-bond donors (Lipinski definition) is 1. The van der Waals surface area contributed by atoms with Crippen molar-refractivity contribution in [3.05, 3.63) is 53.2 Å². The molecular formula is C14H18N2O. The topological polar surface area (TPSA) is 38.1 Å². The minimum absolute atomic E-state index is 0.0850. The van der Waals surface area contributed by atoms with Crippen LogP contribution < -0.4 is 5.32 Å². The fourth-order valence-corrected chi connectivity index (χ4v) is 1.85. The lowest BCUT2D eigenvalue weighted by molar-refractivity contribution is 0.434. The first kappa shape index (κ1) is 11.9. The maximum Gasteiger partial charge on any atom is 0.125 e. The molecule has 2 aromatic rings. The molecule has 1 N–H and O–H groups in total. The molecule has 0 aromatic carbocycles. The van der Waals surface area contributed by atoms with E-state index in [1.54, 1.807) is 0 Å². The lowest BCUT2D eigenvalue weighted by Gasteiger charge is -2.15. The first-order chi connectivity index (χ1) is 8.20. The summed E-state index contributed by atoms with van der Waals surface area (Å²) >= 11 is 0. The van der Waals surface area contributed by atoms with Gasteiger partial charge in [0.15, 0.2) is 0 Å². The second-order valence-corrected chi connectivity index (χ2v) is 4.17. The Morgan fingerprint density at radius 3 is 2.59 bits per heavy atom. The maximum absolute atomic E-state index is 5.69. The number of aryl methyl sites for hydroxylation is 2. The smallest absolute Gasteiger partial charge is 0.125 e. The molecule has 90 valence electrons. The zero-order valence-corrected chi connectivity index (χ0v) is 10.5. The highest BCUT2D eigenvalue weighted by molar-refractivity contribution is 5.26. The number of aromatic nitrogens is 1. The number of rotatable bonds is 4. The van der Waals surface area contributed by atoms with Gasteiger partial charge in [0.05, 0.1) is 6.04 Å². The van der Waals surface area contributed by atoms with Gasteiger partial charge in [0, 0.05) is 11.9 Å². The van der Waals surface area contributed by atoms with Crippen molar-refractivity contribution in [3.8, 4) is 0 Å². The van der Waals surface area contributed by atoms with Gasteiger partial charge in [-0.3, -0.25) is 4.98 Å². The van der Waals surface area contributed by atoms with E-state index in [1.165, 1.54) is 0 Å².